The minimum atomic E-state index is -0.530. The first kappa shape index (κ1) is 24.2. The fourth-order valence-electron chi connectivity index (χ4n) is 3.24. The fourth-order valence-corrected chi connectivity index (χ4v) is 3.24. The number of benzene rings is 2. The molecule has 0 fully saturated rings. The van der Waals surface area contributed by atoms with E-state index in [1.165, 1.54) is 27.4 Å². The molecule has 0 saturated carbocycles. The van der Waals surface area contributed by atoms with E-state index < -0.39 is 11.4 Å². The van der Waals surface area contributed by atoms with E-state index >= 15 is 0 Å². The Hall–Kier alpha value is -3.49. The monoisotopic (exact) mass is 456 g/mol. The molecule has 2 aromatic rings. The van der Waals surface area contributed by atoms with Crippen LogP contribution in [0.2, 0.25) is 0 Å². The van der Waals surface area contributed by atoms with Crippen LogP contribution in [-0.2, 0) is 9.47 Å². The number of phenols is 1. The Bertz CT molecular complexity index is 1070. The second kappa shape index (κ2) is 10.4. The van der Waals surface area contributed by atoms with Crippen molar-refractivity contribution in [2.24, 2.45) is 0 Å². The Morgan fingerprint density at radius 1 is 1.03 bits per heavy atom. The highest BCUT2D eigenvalue weighted by molar-refractivity contribution is 6.11. The van der Waals surface area contributed by atoms with Gasteiger partial charge in [-0.2, -0.15) is 0 Å². The molecule has 0 unspecified atom stereocenters. The van der Waals surface area contributed by atoms with Crippen LogP contribution in [0.5, 0.6) is 28.7 Å². The molecule has 1 aliphatic rings. The van der Waals surface area contributed by atoms with Gasteiger partial charge in [-0.1, -0.05) is 12.1 Å². The number of carbonyl (C=O) groups is 1. The Morgan fingerprint density at radius 2 is 1.73 bits per heavy atom. The Labute approximate surface area is 192 Å². The molecule has 0 aromatic heterocycles. The van der Waals surface area contributed by atoms with E-state index in [1.54, 1.807) is 36.4 Å². The summed E-state index contributed by atoms with van der Waals surface area (Å²) in [6, 6.07) is 6.78. The van der Waals surface area contributed by atoms with Gasteiger partial charge in [0, 0.05) is 20.3 Å². The molecular formula is C25H28O8. The zero-order valence-electron chi connectivity index (χ0n) is 19.3. The molecule has 0 aliphatic carbocycles. The summed E-state index contributed by atoms with van der Waals surface area (Å²) >= 11 is 0. The number of carbonyl (C=O) groups excluding carboxylic acids is 1. The van der Waals surface area contributed by atoms with Crippen LogP contribution in [0.3, 0.4) is 0 Å². The summed E-state index contributed by atoms with van der Waals surface area (Å²) < 4.78 is 32.2. The van der Waals surface area contributed by atoms with Crippen molar-refractivity contribution < 1.29 is 38.3 Å². The van der Waals surface area contributed by atoms with E-state index in [0.717, 1.165) is 0 Å². The summed E-state index contributed by atoms with van der Waals surface area (Å²) in [7, 11) is 4.47. The molecule has 1 aliphatic heterocycles. The normalized spacial score (nSPS) is 14.0. The van der Waals surface area contributed by atoms with Crippen LogP contribution in [0.4, 0.5) is 0 Å². The molecule has 0 atom stereocenters. The molecule has 0 saturated heterocycles. The van der Waals surface area contributed by atoms with Gasteiger partial charge in [-0.05, 0) is 49.8 Å². The molecular weight excluding hydrogens is 428 g/mol. The quantitative estimate of drug-likeness (QED) is 0.319. The van der Waals surface area contributed by atoms with Gasteiger partial charge in [0.25, 0.3) is 0 Å². The Morgan fingerprint density at radius 3 is 2.39 bits per heavy atom. The smallest absolute Gasteiger partial charge is 0.193 e. The first-order valence-electron chi connectivity index (χ1n) is 10.2. The van der Waals surface area contributed by atoms with Gasteiger partial charge in [0.05, 0.1) is 12.7 Å². The summed E-state index contributed by atoms with van der Waals surface area (Å²) in [6.07, 6.45) is 6.52. The highest BCUT2D eigenvalue weighted by atomic mass is 16.7. The summed E-state index contributed by atoms with van der Waals surface area (Å²) in [4.78, 5) is 13.0. The summed E-state index contributed by atoms with van der Waals surface area (Å²) in [5.41, 5.74) is 0.635. The minimum absolute atomic E-state index is 0.0298. The number of rotatable bonds is 10. The van der Waals surface area contributed by atoms with Gasteiger partial charge in [-0.3, -0.25) is 4.79 Å². The van der Waals surface area contributed by atoms with E-state index in [4.69, 9.17) is 28.4 Å². The molecule has 8 heteroatoms. The molecule has 8 nitrogen and oxygen atoms in total. The van der Waals surface area contributed by atoms with Gasteiger partial charge in [0.2, 0.25) is 0 Å². The number of methoxy groups -OCH3 is 3. The number of hydrogen-bond donors (Lipinski definition) is 1. The molecule has 0 spiro atoms. The Balaban J connectivity index is 1.90. The summed E-state index contributed by atoms with van der Waals surface area (Å²) in [5, 5.41) is 10.8. The van der Waals surface area contributed by atoms with Gasteiger partial charge in [0.15, 0.2) is 30.9 Å². The molecule has 1 heterocycles. The maximum atomic E-state index is 13.0. The van der Waals surface area contributed by atoms with Gasteiger partial charge in [0.1, 0.15) is 28.4 Å². The predicted octanol–water partition coefficient (Wildman–Crippen LogP) is 4.45. The molecule has 0 bridgehead atoms. The number of phenolic OH excluding ortho intramolecular Hbond substituents is 1. The third kappa shape index (κ3) is 5.66. The molecule has 176 valence electrons. The van der Waals surface area contributed by atoms with Crippen LogP contribution in [0.25, 0.3) is 12.2 Å². The number of fused-ring (bicyclic) bond motifs is 1. The second-order valence-corrected chi connectivity index (χ2v) is 7.76. The van der Waals surface area contributed by atoms with Crippen molar-refractivity contribution in [1.82, 2.24) is 0 Å². The lowest BCUT2D eigenvalue weighted by molar-refractivity contribution is 0.0322. The van der Waals surface area contributed by atoms with Crippen molar-refractivity contribution >= 4 is 17.9 Å². The second-order valence-electron chi connectivity index (χ2n) is 7.76. The third-order valence-electron chi connectivity index (χ3n) is 4.82. The van der Waals surface area contributed by atoms with Crippen molar-refractivity contribution in [2.45, 2.75) is 19.4 Å². The van der Waals surface area contributed by atoms with Crippen molar-refractivity contribution in [2.75, 3.05) is 34.9 Å². The predicted molar refractivity (Wildman–Crippen MR) is 123 cm³/mol. The van der Waals surface area contributed by atoms with Crippen molar-refractivity contribution in [1.29, 1.82) is 0 Å². The molecule has 0 amide bonds. The van der Waals surface area contributed by atoms with E-state index in [9.17, 15) is 9.90 Å². The zero-order chi connectivity index (χ0) is 24.0. The summed E-state index contributed by atoms with van der Waals surface area (Å²) in [5.74, 6) is 0.953. The molecule has 33 heavy (non-hydrogen) atoms. The van der Waals surface area contributed by atoms with Crippen molar-refractivity contribution in [3.8, 4) is 28.7 Å². The van der Waals surface area contributed by atoms with Crippen LogP contribution in [-0.4, -0.2) is 51.4 Å². The topological polar surface area (TPSA) is 92.7 Å². The van der Waals surface area contributed by atoms with E-state index in [1.807, 2.05) is 19.9 Å². The molecule has 2 aromatic carbocycles. The van der Waals surface area contributed by atoms with Crippen LogP contribution in [0.15, 0.2) is 36.4 Å². The maximum Gasteiger partial charge on any atom is 0.193 e. The maximum absolute atomic E-state index is 13.0. The third-order valence-corrected chi connectivity index (χ3v) is 4.82. The highest BCUT2D eigenvalue weighted by Gasteiger charge is 2.28. The highest BCUT2D eigenvalue weighted by Crippen LogP contribution is 2.43. The van der Waals surface area contributed by atoms with Gasteiger partial charge >= 0.3 is 0 Å². The number of ketones is 1. The zero-order valence-corrected chi connectivity index (χ0v) is 19.3. The average Bonchev–Trinajstić information content (AvgIpc) is 2.79. The first-order chi connectivity index (χ1) is 15.8. The van der Waals surface area contributed by atoms with Crippen LogP contribution < -0.4 is 18.9 Å². The van der Waals surface area contributed by atoms with Crippen molar-refractivity contribution in [3.63, 3.8) is 0 Å². The lowest BCUT2D eigenvalue weighted by atomic mass is 9.97. The molecule has 3 rings (SSSR count). The van der Waals surface area contributed by atoms with Gasteiger partial charge < -0.3 is 33.5 Å². The molecule has 1 N–H and O–H groups in total. The van der Waals surface area contributed by atoms with E-state index in [-0.39, 0.29) is 30.6 Å². The minimum Gasteiger partial charge on any atom is -0.506 e. The number of ether oxygens (including phenoxy) is 6. The van der Waals surface area contributed by atoms with Crippen LogP contribution in [0.1, 0.15) is 35.3 Å². The number of allylic oxidation sites excluding steroid dienone is 1. The number of aromatic hydroxyl groups is 1. The van der Waals surface area contributed by atoms with Gasteiger partial charge in [-0.25, -0.2) is 0 Å². The Kier molecular flexibility index (Phi) is 7.63. The average molecular weight is 456 g/mol. The van der Waals surface area contributed by atoms with Gasteiger partial charge in [-0.15, -0.1) is 0 Å². The molecule has 0 radical (unpaired) electrons. The SMILES string of the molecule is COCOc1ccc(C=CC(=O)c2c(OC)cc3c(c2O)C=CC(C)(C)O3)cc1OCOC. The largest absolute Gasteiger partial charge is 0.506 e. The van der Waals surface area contributed by atoms with Crippen LogP contribution >= 0.6 is 0 Å². The lowest BCUT2D eigenvalue weighted by Crippen LogP contribution is -2.27. The first-order valence-corrected chi connectivity index (χ1v) is 10.2. The van der Waals surface area contributed by atoms with Crippen LogP contribution in [0, 0.1) is 0 Å². The fraction of sp³-hybridized carbons (Fsp3) is 0.320. The van der Waals surface area contributed by atoms with E-state index in [0.29, 0.717) is 28.4 Å². The summed E-state index contributed by atoms with van der Waals surface area (Å²) in [6.45, 7) is 3.88. The van der Waals surface area contributed by atoms with Crippen molar-refractivity contribution in [3.05, 3.63) is 53.1 Å². The number of hydrogen-bond acceptors (Lipinski definition) is 8. The van der Waals surface area contributed by atoms with E-state index in [2.05, 4.69) is 0 Å². The standard InChI is InChI=1S/C25H28O8/c1-25(2)11-10-17-20(33-25)13-22(30-5)23(24(17)27)18(26)8-6-16-7-9-19(31-14-28-3)21(12-16)32-15-29-4/h6-13,27H,14-15H2,1-5H3. The lowest BCUT2D eigenvalue weighted by Gasteiger charge is -2.29.